The van der Waals surface area contributed by atoms with Crippen molar-refractivity contribution in [2.24, 2.45) is 0 Å². The molecule has 2 nitrogen and oxygen atoms in total. The van der Waals surface area contributed by atoms with Crippen molar-refractivity contribution in [2.75, 3.05) is 18.0 Å². The number of hydrogen-bond acceptors (Lipinski definition) is 2. The van der Waals surface area contributed by atoms with Gasteiger partial charge < -0.3 is 9.69 Å². The lowest BCUT2D eigenvalue weighted by molar-refractivity contribution is -0.106. The molecule has 0 fully saturated rings. The van der Waals surface area contributed by atoms with E-state index in [1.807, 2.05) is 30.3 Å². The molecule has 0 atom stereocenters. The van der Waals surface area contributed by atoms with Crippen LogP contribution in [-0.2, 0) is 4.79 Å². The molecule has 1 aromatic carbocycles. The lowest BCUT2D eigenvalue weighted by atomic mass is 10.2. The Hall–Kier alpha value is -1.31. The predicted molar refractivity (Wildman–Crippen MR) is 59.6 cm³/mol. The predicted octanol–water partition coefficient (Wildman–Crippen LogP) is 2.49. The summed E-state index contributed by atoms with van der Waals surface area (Å²) in [5.74, 6) is 0. The number of carbonyl (C=O) groups excluding carboxylic acids is 1. The van der Waals surface area contributed by atoms with Crippen LogP contribution < -0.4 is 4.90 Å². The molecule has 0 saturated carbocycles. The first-order valence-corrected chi connectivity index (χ1v) is 5.12. The van der Waals surface area contributed by atoms with Gasteiger partial charge in [-0.1, -0.05) is 31.5 Å². The molecule has 76 valence electrons. The molecule has 1 aromatic rings. The number of nitrogens with zero attached hydrogens (tertiary/aromatic N) is 1. The minimum absolute atomic E-state index is 0.490. The van der Waals surface area contributed by atoms with Gasteiger partial charge in [0.2, 0.25) is 0 Å². The molecular formula is C12H17NO. The van der Waals surface area contributed by atoms with Crippen LogP contribution in [-0.4, -0.2) is 19.4 Å². The smallest absolute Gasteiger partial charge is 0.139 e. The molecule has 0 aromatic heterocycles. The summed E-state index contributed by atoms with van der Waals surface area (Å²) >= 11 is 0. The summed E-state index contributed by atoms with van der Waals surface area (Å²) in [4.78, 5) is 12.6. The number of rotatable bonds is 6. The van der Waals surface area contributed by atoms with Crippen LogP contribution in [0.3, 0.4) is 0 Å². The molecule has 0 unspecified atom stereocenters. The molecule has 0 saturated heterocycles. The summed E-state index contributed by atoms with van der Waals surface area (Å²) in [5.41, 5.74) is 1.13. The van der Waals surface area contributed by atoms with Crippen molar-refractivity contribution in [2.45, 2.75) is 19.8 Å². The van der Waals surface area contributed by atoms with E-state index in [0.29, 0.717) is 6.54 Å². The van der Waals surface area contributed by atoms with E-state index in [-0.39, 0.29) is 0 Å². The molecule has 1 rings (SSSR count). The monoisotopic (exact) mass is 191 g/mol. The number of anilines is 1. The third-order valence-electron chi connectivity index (χ3n) is 2.20. The second-order valence-corrected chi connectivity index (χ2v) is 3.30. The van der Waals surface area contributed by atoms with E-state index in [1.54, 1.807) is 0 Å². The fraction of sp³-hybridized carbons (Fsp3) is 0.417. The molecule has 0 amide bonds. The summed E-state index contributed by atoms with van der Waals surface area (Å²) in [6.07, 6.45) is 3.24. The summed E-state index contributed by atoms with van der Waals surface area (Å²) in [7, 11) is 0. The number of carbonyl (C=O) groups is 1. The Labute approximate surface area is 85.5 Å². The molecule has 0 aliphatic rings. The first-order valence-electron chi connectivity index (χ1n) is 5.12. The largest absolute Gasteiger partial charge is 0.365 e. The van der Waals surface area contributed by atoms with Crippen molar-refractivity contribution in [3.8, 4) is 0 Å². The highest BCUT2D eigenvalue weighted by atomic mass is 16.1. The van der Waals surface area contributed by atoms with Gasteiger partial charge in [-0.2, -0.15) is 0 Å². The van der Waals surface area contributed by atoms with E-state index < -0.39 is 0 Å². The van der Waals surface area contributed by atoms with Crippen LogP contribution in [0.15, 0.2) is 30.3 Å². The average molecular weight is 191 g/mol. The van der Waals surface area contributed by atoms with Gasteiger partial charge in [-0.15, -0.1) is 0 Å². The topological polar surface area (TPSA) is 20.3 Å². The van der Waals surface area contributed by atoms with Gasteiger partial charge in [-0.25, -0.2) is 0 Å². The molecule has 0 heterocycles. The molecule has 0 aliphatic carbocycles. The van der Waals surface area contributed by atoms with Gasteiger partial charge in [0, 0.05) is 12.2 Å². The third-order valence-corrected chi connectivity index (χ3v) is 2.20. The van der Waals surface area contributed by atoms with Crippen molar-refractivity contribution >= 4 is 12.0 Å². The van der Waals surface area contributed by atoms with E-state index in [4.69, 9.17) is 0 Å². The van der Waals surface area contributed by atoms with Crippen LogP contribution in [0.4, 0.5) is 5.69 Å². The SMILES string of the molecule is CCCCN(CC=O)c1ccccc1. The number of unbranched alkanes of at least 4 members (excludes halogenated alkanes) is 1. The second kappa shape index (κ2) is 6.19. The zero-order valence-corrected chi connectivity index (χ0v) is 8.65. The van der Waals surface area contributed by atoms with Gasteiger partial charge in [0.1, 0.15) is 6.29 Å². The minimum Gasteiger partial charge on any atom is -0.365 e. The van der Waals surface area contributed by atoms with Crippen molar-refractivity contribution in [3.05, 3.63) is 30.3 Å². The van der Waals surface area contributed by atoms with Gasteiger partial charge >= 0.3 is 0 Å². The summed E-state index contributed by atoms with van der Waals surface area (Å²) in [5, 5.41) is 0. The second-order valence-electron chi connectivity index (χ2n) is 3.30. The van der Waals surface area contributed by atoms with Crippen LogP contribution in [0.25, 0.3) is 0 Å². The Morgan fingerprint density at radius 3 is 2.57 bits per heavy atom. The maximum absolute atomic E-state index is 10.5. The van der Waals surface area contributed by atoms with E-state index >= 15 is 0 Å². The van der Waals surface area contributed by atoms with Crippen LogP contribution in [0.2, 0.25) is 0 Å². The molecule has 0 N–H and O–H groups in total. The molecule has 2 heteroatoms. The van der Waals surface area contributed by atoms with Crippen molar-refractivity contribution < 1.29 is 4.79 Å². The zero-order chi connectivity index (χ0) is 10.2. The van der Waals surface area contributed by atoms with Crippen LogP contribution in [0, 0.1) is 0 Å². The lowest BCUT2D eigenvalue weighted by Crippen LogP contribution is -2.26. The fourth-order valence-corrected chi connectivity index (χ4v) is 1.40. The summed E-state index contributed by atoms with van der Waals surface area (Å²) in [6.45, 7) is 3.60. The molecule has 0 aliphatic heterocycles. The van der Waals surface area contributed by atoms with Gasteiger partial charge in [-0.3, -0.25) is 0 Å². The summed E-state index contributed by atoms with van der Waals surface area (Å²) in [6, 6.07) is 10.1. The van der Waals surface area contributed by atoms with Crippen molar-refractivity contribution in [1.29, 1.82) is 0 Å². The van der Waals surface area contributed by atoms with Gasteiger partial charge in [0.25, 0.3) is 0 Å². The van der Waals surface area contributed by atoms with E-state index in [2.05, 4.69) is 11.8 Å². The number of aldehydes is 1. The number of hydrogen-bond donors (Lipinski definition) is 0. The highest BCUT2D eigenvalue weighted by Gasteiger charge is 2.03. The molecule has 14 heavy (non-hydrogen) atoms. The standard InChI is InChI=1S/C12H17NO/c1-2-3-9-13(10-11-14)12-7-5-4-6-8-12/h4-8,11H,2-3,9-10H2,1H3. The van der Waals surface area contributed by atoms with E-state index in [0.717, 1.165) is 31.4 Å². The van der Waals surface area contributed by atoms with Crippen LogP contribution in [0.1, 0.15) is 19.8 Å². The Bertz CT molecular complexity index is 258. The molecular weight excluding hydrogens is 174 g/mol. The zero-order valence-electron chi connectivity index (χ0n) is 8.65. The van der Waals surface area contributed by atoms with Gasteiger partial charge in [0.05, 0.1) is 6.54 Å². The Morgan fingerprint density at radius 2 is 2.00 bits per heavy atom. The Balaban J connectivity index is 2.62. The van der Waals surface area contributed by atoms with E-state index in [9.17, 15) is 4.79 Å². The molecule has 0 bridgehead atoms. The Kier molecular flexibility index (Phi) is 4.76. The lowest BCUT2D eigenvalue weighted by Gasteiger charge is -2.21. The normalized spacial score (nSPS) is 9.79. The quantitative estimate of drug-likeness (QED) is 0.644. The molecule has 0 spiro atoms. The minimum atomic E-state index is 0.490. The maximum Gasteiger partial charge on any atom is 0.139 e. The fourth-order valence-electron chi connectivity index (χ4n) is 1.40. The number of benzene rings is 1. The first kappa shape index (κ1) is 10.8. The molecule has 0 radical (unpaired) electrons. The van der Waals surface area contributed by atoms with Gasteiger partial charge in [-0.05, 0) is 18.6 Å². The highest BCUT2D eigenvalue weighted by Crippen LogP contribution is 2.12. The first-order chi connectivity index (χ1) is 6.88. The van der Waals surface area contributed by atoms with E-state index in [1.165, 1.54) is 0 Å². The Morgan fingerprint density at radius 1 is 1.29 bits per heavy atom. The summed E-state index contributed by atoms with van der Waals surface area (Å²) < 4.78 is 0. The number of para-hydroxylation sites is 1. The van der Waals surface area contributed by atoms with Gasteiger partial charge in [0.15, 0.2) is 0 Å². The maximum atomic E-state index is 10.5. The highest BCUT2D eigenvalue weighted by molar-refractivity contribution is 5.61. The van der Waals surface area contributed by atoms with Crippen LogP contribution in [0.5, 0.6) is 0 Å². The third kappa shape index (κ3) is 3.21. The van der Waals surface area contributed by atoms with Crippen molar-refractivity contribution in [3.63, 3.8) is 0 Å². The van der Waals surface area contributed by atoms with Crippen molar-refractivity contribution in [1.82, 2.24) is 0 Å². The average Bonchev–Trinajstić information content (AvgIpc) is 2.25. The van der Waals surface area contributed by atoms with Crippen LogP contribution >= 0.6 is 0 Å².